The predicted octanol–water partition coefficient (Wildman–Crippen LogP) is 4.67. The molecule has 0 radical (unpaired) electrons. The van der Waals surface area contributed by atoms with Gasteiger partial charge in [0.2, 0.25) is 0 Å². The molecule has 1 amide bonds. The molecule has 2 aromatic rings. The van der Waals surface area contributed by atoms with Crippen molar-refractivity contribution < 1.29 is 14.3 Å². The predicted molar refractivity (Wildman–Crippen MR) is 105 cm³/mol. The summed E-state index contributed by atoms with van der Waals surface area (Å²) in [6.45, 7) is 0.550. The van der Waals surface area contributed by atoms with E-state index < -0.39 is 0 Å². The smallest absolute Gasteiger partial charge is 0.251 e. The maximum atomic E-state index is 12.2. The number of thioether (sulfide) groups is 1. The largest absolute Gasteiger partial charge is 0.497 e. The van der Waals surface area contributed by atoms with Gasteiger partial charge in [-0.1, -0.05) is 29.3 Å². The molecule has 2 rings (SSSR count). The van der Waals surface area contributed by atoms with Gasteiger partial charge in [0.05, 0.1) is 14.2 Å². The fraction of sp³-hybridized carbons (Fsp3) is 0.278. The Balaban J connectivity index is 1.80. The Hall–Kier alpha value is -1.56. The zero-order valence-electron chi connectivity index (χ0n) is 14.0. The highest BCUT2D eigenvalue weighted by atomic mass is 35.5. The Labute approximate surface area is 161 Å². The van der Waals surface area contributed by atoms with Crippen LogP contribution in [0.4, 0.5) is 0 Å². The molecule has 0 fully saturated rings. The monoisotopic (exact) mass is 399 g/mol. The molecule has 0 saturated heterocycles. The van der Waals surface area contributed by atoms with E-state index in [9.17, 15) is 4.79 Å². The number of amides is 1. The fourth-order valence-electron chi connectivity index (χ4n) is 2.10. The molecule has 0 aromatic heterocycles. The zero-order chi connectivity index (χ0) is 18.2. The summed E-state index contributed by atoms with van der Waals surface area (Å²) >= 11 is 13.7. The number of ether oxygens (including phenoxy) is 2. The number of carbonyl (C=O) groups excluding carboxylic acids is 1. The first kappa shape index (κ1) is 19.8. The van der Waals surface area contributed by atoms with Gasteiger partial charge >= 0.3 is 0 Å². The van der Waals surface area contributed by atoms with Crippen molar-refractivity contribution in [2.75, 3.05) is 26.5 Å². The lowest BCUT2D eigenvalue weighted by Gasteiger charge is -2.09. The van der Waals surface area contributed by atoms with E-state index in [1.54, 1.807) is 50.2 Å². The molecule has 1 N–H and O–H groups in total. The van der Waals surface area contributed by atoms with Crippen LogP contribution in [0.3, 0.4) is 0 Å². The summed E-state index contributed by atoms with van der Waals surface area (Å²) in [5, 5.41) is 4.17. The third-order valence-electron chi connectivity index (χ3n) is 3.42. The fourth-order valence-corrected chi connectivity index (χ4v) is 3.52. The average molecular weight is 400 g/mol. The topological polar surface area (TPSA) is 47.6 Å². The van der Waals surface area contributed by atoms with Crippen LogP contribution in [-0.2, 0) is 5.75 Å². The molecule has 0 aliphatic rings. The summed E-state index contributed by atoms with van der Waals surface area (Å²) in [5.41, 5.74) is 1.53. The van der Waals surface area contributed by atoms with E-state index in [1.165, 1.54) is 0 Å². The Bertz CT molecular complexity index is 718. The zero-order valence-corrected chi connectivity index (χ0v) is 16.3. The summed E-state index contributed by atoms with van der Waals surface area (Å²) in [6, 6.07) is 10.6. The number of benzene rings is 2. The van der Waals surface area contributed by atoms with Crippen molar-refractivity contribution in [1.82, 2.24) is 5.32 Å². The van der Waals surface area contributed by atoms with Crippen LogP contribution in [0.1, 0.15) is 15.9 Å². The number of carbonyl (C=O) groups is 1. The summed E-state index contributed by atoms with van der Waals surface area (Å²) in [7, 11) is 3.10. The van der Waals surface area contributed by atoms with Crippen molar-refractivity contribution in [1.29, 1.82) is 0 Å². The first-order valence-electron chi connectivity index (χ1n) is 7.56. The van der Waals surface area contributed by atoms with Gasteiger partial charge in [-0.05, 0) is 29.8 Å². The molecule has 4 nitrogen and oxygen atoms in total. The average Bonchev–Trinajstić information content (AvgIpc) is 2.62. The number of nitrogens with one attached hydrogen (secondary N) is 1. The molecule has 7 heteroatoms. The van der Waals surface area contributed by atoms with Gasteiger partial charge in [0, 0.05) is 39.7 Å². The van der Waals surface area contributed by atoms with E-state index in [4.69, 9.17) is 32.7 Å². The van der Waals surface area contributed by atoms with Crippen LogP contribution in [0, 0.1) is 0 Å². The molecular formula is C18H19Cl2NO3S. The lowest BCUT2D eigenvalue weighted by Crippen LogP contribution is -2.25. The molecule has 0 aliphatic carbocycles. The highest BCUT2D eigenvalue weighted by molar-refractivity contribution is 7.98. The third-order valence-corrected chi connectivity index (χ3v) is 5.01. The van der Waals surface area contributed by atoms with Crippen molar-refractivity contribution in [2.45, 2.75) is 5.75 Å². The van der Waals surface area contributed by atoms with E-state index in [-0.39, 0.29) is 5.91 Å². The number of methoxy groups -OCH3 is 2. The standard InChI is InChI=1S/C18H19Cl2NO3S/c1-23-15-7-13(8-16(10-15)24-2)18(22)21-5-6-25-11-12-3-4-14(19)9-17(12)20/h3-4,7-10H,5-6,11H2,1-2H3,(H,21,22). The van der Waals surface area contributed by atoms with Crippen LogP contribution in [-0.4, -0.2) is 32.4 Å². The molecule has 0 spiro atoms. The van der Waals surface area contributed by atoms with Gasteiger partial charge in [-0.3, -0.25) is 4.79 Å². The van der Waals surface area contributed by atoms with E-state index >= 15 is 0 Å². The quantitative estimate of drug-likeness (QED) is 0.654. The molecule has 134 valence electrons. The molecule has 0 atom stereocenters. The van der Waals surface area contributed by atoms with Crippen molar-refractivity contribution in [3.63, 3.8) is 0 Å². The second-order valence-corrected chi connectivity index (χ2v) is 7.09. The van der Waals surface area contributed by atoms with Crippen LogP contribution in [0.5, 0.6) is 11.5 Å². The minimum Gasteiger partial charge on any atom is -0.497 e. The van der Waals surface area contributed by atoms with Crippen LogP contribution in [0.2, 0.25) is 10.0 Å². The first-order chi connectivity index (χ1) is 12.0. The highest BCUT2D eigenvalue weighted by Crippen LogP contribution is 2.25. The molecule has 0 aliphatic heterocycles. The van der Waals surface area contributed by atoms with Gasteiger partial charge < -0.3 is 14.8 Å². The number of hydrogen-bond acceptors (Lipinski definition) is 4. The second kappa shape index (κ2) is 9.80. The van der Waals surface area contributed by atoms with E-state index in [1.807, 2.05) is 12.1 Å². The van der Waals surface area contributed by atoms with Crippen molar-refractivity contribution in [3.05, 3.63) is 57.6 Å². The third kappa shape index (κ3) is 6.03. The van der Waals surface area contributed by atoms with Gasteiger partial charge in [-0.15, -0.1) is 0 Å². The first-order valence-corrected chi connectivity index (χ1v) is 9.47. The van der Waals surface area contributed by atoms with Crippen molar-refractivity contribution in [2.24, 2.45) is 0 Å². The summed E-state index contributed by atoms with van der Waals surface area (Å²) < 4.78 is 10.3. The minimum absolute atomic E-state index is 0.165. The Morgan fingerprint density at radius 1 is 1.08 bits per heavy atom. The second-order valence-electron chi connectivity index (χ2n) is 5.15. The Morgan fingerprint density at radius 3 is 2.36 bits per heavy atom. The molecule has 0 unspecified atom stereocenters. The highest BCUT2D eigenvalue weighted by Gasteiger charge is 2.09. The lowest BCUT2D eigenvalue weighted by atomic mass is 10.2. The lowest BCUT2D eigenvalue weighted by molar-refractivity contribution is 0.0955. The van der Waals surface area contributed by atoms with E-state index in [0.29, 0.717) is 33.7 Å². The minimum atomic E-state index is -0.165. The molecule has 0 bridgehead atoms. The summed E-state index contributed by atoms with van der Waals surface area (Å²) in [6.07, 6.45) is 0. The summed E-state index contributed by atoms with van der Waals surface area (Å²) in [5.74, 6) is 2.53. The van der Waals surface area contributed by atoms with Crippen molar-refractivity contribution >= 4 is 40.9 Å². The van der Waals surface area contributed by atoms with Gasteiger partial charge in [0.15, 0.2) is 0 Å². The maximum absolute atomic E-state index is 12.2. The summed E-state index contributed by atoms with van der Waals surface area (Å²) in [4.78, 5) is 12.2. The molecule has 0 heterocycles. The van der Waals surface area contributed by atoms with Crippen LogP contribution < -0.4 is 14.8 Å². The number of hydrogen-bond donors (Lipinski definition) is 1. The van der Waals surface area contributed by atoms with Gasteiger partial charge in [0.25, 0.3) is 5.91 Å². The number of rotatable bonds is 8. The maximum Gasteiger partial charge on any atom is 0.251 e. The van der Waals surface area contributed by atoms with Gasteiger partial charge in [-0.25, -0.2) is 0 Å². The van der Waals surface area contributed by atoms with Gasteiger partial charge in [-0.2, -0.15) is 11.8 Å². The molecule has 2 aromatic carbocycles. The molecular weight excluding hydrogens is 381 g/mol. The van der Waals surface area contributed by atoms with Crippen LogP contribution in [0.15, 0.2) is 36.4 Å². The Morgan fingerprint density at radius 2 is 1.76 bits per heavy atom. The van der Waals surface area contributed by atoms with Gasteiger partial charge in [0.1, 0.15) is 11.5 Å². The Kier molecular flexibility index (Phi) is 7.75. The van der Waals surface area contributed by atoms with Crippen LogP contribution in [0.25, 0.3) is 0 Å². The van der Waals surface area contributed by atoms with Crippen molar-refractivity contribution in [3.8, 4) is 11.5 Å². The van der Waals surface area contributed by atoms with Crippen LogP contribution >= 0.6 is 35.0 Å². The SMILES string of the molecule is COc1cc(OC)cc(C(=O)NCCSCc2ccc(Cl)cc2Cl)c1. The van der Waals surface area contributed by atoms with E-state index in [2.05, 4.69) is 5.32 Å². The molecule has 25 heavy (non-hydrogen) atoms. The molecule has 0 saturated carbocycles. The normalized spacial score (nSPS) is 10.4. The number of halogens is 2. The van der Waals surface area contributed by atoms with E-state index in [0.717, 1.165) is 17.1 Å².